The first kappa shape index (κ1) is 17.2. The van der Waals surface area contributed by atoms with Gasteiger partial charge in [-0.3, -0.25) is 4.79 Å². The molecule has 1 aromatic rings. The summed E-state index contributed by atoms with van der Waals surface area (Å²) in [5.74, 6) is 0.854. The molecule has 0 aromatic heterocycles. The van der Waals surface area contributed by atoms with Crippen LogP contribution in [0.1, 0.15) is 26.2 Å². The van der Waals surface area contributed by atoms with Crippen LogP contribution < -0.4 is 10.1 Å². The molecular formula is C15H22INO3. The van der Waals surface area contributed by atoms with E-state index in [0.29, 0.717) is 19.6 Å². The van der Waals surface area contributed by atoms with E-state index in [1.165, 1.54) is 0 Å². The smallest absolute Gasteiger partial charge is 0.224 e. The zero-order valence-corrected chi connectivity index (χ0v) is 14.0. The van der Waals surface area contributed by atoms with Gasteiger partial charge in [0.2, 0.25) is 5.91 Å². The second kappa shape index (κ2) is 10.9. The number of benzene rings is 1. The summed E-state index contributed by atoms with van der Waals surface area (Å²) in [5.41, 5.74) is 0.799. The van der Waals surface area contributed by atoms with Crippen LogP contribution in [0.2, 0.25) is 0 Å². The summed E-state index contributed by atoms with van der Waals surface area (Å²) in [6.07, 6.45) is 2.27. The van der Waals surface area contributed by atoms with E-state index in [-0.39, 0.29) is 5.91 Å². The number of hydrogen-bond acceptors (Lipinski definition) is 3. The Morgan fingerprint density at radius 3 is 2.60 bits per heavy atom. The highest BCUT2D eigenvalue weighted by Crippen LogP contribution is 2.16. The SMILES string of the molecule is CCOCCCC(=O)Nc1ccc(OCCCI)cc1. The molecule has 1 amide bonds. The van der Waals surface area contributed by atoms with E-state index in [9.17, 15) is 4.79 Å². The number of nitrogens with one attached hydrogen (secondary N) is 1. The fourth-order valence-electron chi connectivity index (χ4n) is 1.58. The second-order valence-electron chi connectivity index (χ2n) is 4.26. The monoisotopic (exact) mass is 391 g/mol. The third-order valence-corrected chi connectivity index (χ3v) is 3.34. The van der Waals surface area contributed by atoms with E-state index in [1.54, 1.807) is 0 Å². The molecule has 0 aliphatic carbocycles. The van der Waals surface area contributed by atoms with E-state index in [1.807, 2.05) is 31.2 Å². The van der Waals surface area contributed by atoms with Crippen molar-refractivity contribution < 1.29 is 14.3 Å². The first-order chi connectivity index (χ1) is 9.76. The highest BCUT2D eigenvalue weighted by Gasteiger charge is 2.02. The van der Waals surface area contributed by atoms with Gasteiger partial charge < -0.3 is 14.8 Å². The van der Waals surface area contributed by atoms with Gasteiger partial charge in [-0.05, 0) is 44.0 Å². The average molecular weight is 391 g/mol. The molecule has 20 heavy (non-hydrogen) atoms. The van der Waals surface area contributed by atoms with E-state index < -0.39 is 0 Å². The average Bonchev–Trinajstić information content (AvgIpc) is 2.46. The molecule has 0 atom stereocenters. The summed E-state index contributed by atoms with van der Waals surface area (Å²) in [4.78, 5) is 11.7. The Morgan fingerprint density at radius 2 is 1.95 bits per heavy atom. The van der Waals surface area contributed by atoms with Crippen molar-refractivity contribution in [3.8, 4) is 5.75 Å². The molecule has 4 nitrogen and oxygen atoms in total. The standard InChI is InChI=1S/C15H22INO3/c1-2-19-11-3-5-15(18)17-13-6-8-14(9-7-13)20-12-4-10-16/h6-9H,2-5,10-12H2,1H3,(H,17,18). The van der Waals surface area contributed by atoms with E-state index >= 15 is 0 Å². The molecule has 112 valence electrons. The van der Waals surface area contributed by atoms with Crippen molar-refractivity contribution in [1.29, 1.82) is 0 Å². The third-order valence-electron chi connectivity index (χ3n) is 2.58. The Bertz CT molecular complexity index is 381. The van der Waals surface area contributed by atoms with E-state index in [2.05, 4.69) is 27.9 Å². The lowest BCUT2D eigenvalue weighted by Gasteiger charge is -2.08. The minimum Gasteiger partial charge on any atom is -0.494 e. The lowest BCUT2D eigenvalue weighted by molar-refractivity contribution is -0.116. The van der Waals surface area contributed by atoms with Gasteiger partial charge in [-0.15, -0.1) is 0 Å². The zero-order valence-electron chi connectivity index (χ0n) is 11.9. The quantitative estimate of drug-likeness (QED) is 0.376. The molecule has 5 heteroatoms. The molecule has 0 spiro atoms. The maximum Gasteiger partial charge on any atom is 0.224 e. The Kier molecular flexibility index (Phi) is 9.40. The minimum atomic E-state index is 0.0169. The fraction of sp³-hybridized carbons (Fsp3) is 0.533. The van der Waals surface area contributed by atoms with Gasteiger partial charge in [-0.1, -0.05) is 22.6 Å². The van der Waals surface area contributed by atoms with E-state index in [0.717, 1.165) is 35.3 Å². The van der Waals surface area contributed by atoms with Crippen LogP contribution in [0, 0.1) is 0 Å². The van der Waals surface area contributed by atoms with Crippen LogP contribution in [0.5, 0.6) is 5.75 Å². The molecule has 1 rings (SSSR count). The zero-order chi connectivity index (χ0) is 14.6. The van der Waals surface area contributed by atoms with Crippen LogP contribution in [-0.2, 0) is 9.53 Å². The Morgan fingerprint density at radius 1 is 1.20 bits per heavy atom. The number of carbonyl (C=O) groups is 1. The molecule has 0 saturated heterocycles. The van der Waals surface area contributed by atoms with Gasteiger partial charge in [-0.2, -0.15) is 0 Å². The second-order valence-corrected chi connectivity index (χ2v) is 5.34. The number of hydrogen-bond donors (Lipinski definition) is 1. The number of rotatable bonds is 10. The molecular weight excluding hydrogens is 369 g/mol. The van der Waals surface area contributed by atoms with Crippen molar-refractivity contribution >= 4 is 34.2 Å². The third kappa shape index (κ3) is 7.69. The number of halogens is 1. The molecule has 0 fully saturated rings. The molecule has 1 aromatic carbocycles. The highest BCUT2D eigenvalue weighted by molar-refractivity contribution is 14.1. The van der Waals surface area contributed by atoms with E-state index in [4.69, 9.17) is 9.47 Å². The molecule has 0 saturated carbocycles. The summed E-state index contributed by atoms with van der Waals surface area (Å²) in [6, 6.07) is 7.48. The maximum atomic E-state index is 11.7. The molecule has 0 radical (unpaired) electrons. The predicted molar refractivity (Wildman–Crippen MR) is 89.8 cm³/mol. The maximum absolute atomic E-state index is 11.7. The van der Waals surface area contributed by atoms with Crippen molar-refractivity contribution in [2.75, 3.05) is 29.6 Å². The fourth-order valence-corrected chi connectivity index (χ4v) is 1.89. The normalized spacial score (nSPS) is 10.3. The van der Waals surface area contributed by atoms with Crippen molar-refractivity contribution in [2.45, 2.75) is 26.2 Å². The Labute approximate surface area is 134 Å². The number of ether oxygens (including phenoxy) is 2. The number of carbonyl (C=O) groups excluding carboxylic acids is 1. The molecule has 0 unspecified atom stereocenters. The van der Waals surface area contributed by atoms with Gasteiger partial charge in [-0.25, -0.2) is 0 Å². The lowest BCUT2D eigenvalue weighted by Crippen LogP contribution is -2.12. The summed E-state index contributed by atoms with van der Waals surface area (Å²) in [5, 5.41) is 2.86. The van der Waals surface area contributed by atoms with Crippen LogP contribution in [0.15, 0.2) is 24.3 Å². The number of amides is 1. The van der Waals surface area contributed by atoms with Crippen LogP contribution in [0.25, 0.3) is 0 Å². The Balaban J connectivity index is 2.27. The first-order valence-electron chi connectivity index (χ1n) is 6.92. The van der Waals surface area contributed by atoms with Gasteiger partial charge in [0.25, 0.3) is 0 Å². The minimum absolute atomic E-state index is 0.0169. The molecule has 0 aliphatic heterocycles. The van der Waals surface area contributed by atoms with Crippen molar-refractivity contribution in [1.82, 2.24) is 0 Å². The Hall–Kier alpha value is -0.820. The van der Waals surface area contributed by atoms with Crippen molar-refractivity contribution in [3.63, 3.8) is 0 Å². The first-order valence-corrected chi connectivity index (χ1v) is 8.45. The molecule has 0 aliphatic rings. The van der Waals surface area contributed by atoms with Gasteiger partial charge in [0.05, 0.1) is 6.61 Å². The van der Waals surface area contributed by atoms with Crippen molar-refractivity contribution in [2.24, 2.45) is 0 Å². The van der Waals surface area contributed by atoms with Gasteiger partial charge in [0.1, 0.15) is 5.75 Å². The summed E-state index contributed by atoms with van der Waals surface area (Å²) < 4.78 is 11.9. The largest absolute Gasteiger partial charge is 0.494 e. The highest BCUT2D eigenvalue weighted by atomic mass is 127. The number of anilines is 1. The van der Waals surface area contributed by atoms with Crippen LogP contribution in [0.3, 0.4) is 0 Å². The van der Waals surface area contributed by atoms with Crippen LogP contribution >= 0.6 is 22.6 Å². The van der Waals surface area contributed by atoms with Crippen LogP contribution in [-0.4, -0.2) is 30.2 Å². The van der Waals surface area contributed by atoms with Gasteiger partial charge >= 0.3 is 0 Å². The molecule has 0 heterocycles. The lowest BCUT2D eigenvalue weighted by atomic mass is 10.2. The number of alkyl halides is 1. The summed E-state index contributed by atoms with van der Waals surface area (Å²) in [6.45, 7) is 4.00. The van der Waals surface area contributed by atoms with Gasteiger partial charge in [0, 0.05) is 29.7 Å². The summed E-state index contributed by atoms with van der Waals surface area (Å²) >= 11 is 2.33. The van der Waals surface area contributed by atoms with Crippen LogP contribution in [0.4, 0.5) is 5.69 Å². The van der Waals surface area contributed by atoms with Gasteiger partial charge in [0.15, 0.2) is 0 Å². The topological polar surface area (TPSA) is 47.6 Å². The summed E-state index contributed by atoms with van der Waals surface area (Å²) in [7, 11) is 0. The molecule has 0 bridgehead atoms. The predicted octanol–water partition coefficient (Wildman–Crippen LogP) is 3.65. The van der Waals surface area contributed by atoms with Crippen molar-refractivity contribution in [3.05, 3.63) is 24.3 Å². The molecule has 1 N–H and O–H groups in total.